The second-order valence-electron chi connectivity index (χ2n) is 10.4. The number of carbonyl (C=O) groups excluding carboxylic acids is 2. The van der Waals surface area contributed by atoms with Gasteiger partial charge in [0.15, 0.2) is 0 Å². The Kier molecular flexibility index (Phi) is 9.41. The number of benzene rings is 1. The monoisotopic (exact) mass is 459 g/mol. The molecule has 1 heterocycles. The minimum Gasteiger partial charge on any atom is -0.445 e. The van der Waals surface area contributed by atoms with Gasteiger partial charge in [0.05, 0.1) is 0 Å². The summed E-state index contributed by atoms with van der Waals surface area (Å²) in [7, 11) is 0. The van der Waals surface area contributed by atoms with E-state index < -0.39 is 5.60 Å². The minimum absolute atomic E-state index is 0.199. The Morgan fingerprint density at radius 1 is 0.970 bits per heavy atom. The highest BCUT2D eigenvalue weighted by atomic mass is 16.6. The molecule has 2 aliphatic rings. The Labute approximate surface area is 198 Å². The molecular formula is C26H41N3O4. The van der Waals surface area contributed by atoms with Crippen LogP contribution in [-0.2, 0) is 16.1 Å². The van der Waals surface area contributed by atoms with Crippen LogP contribution in [0, 0.1) is 5.92 Å². The average molecular weight is 460 g/mol. The van der Waals surface area contributed by atoms with Crippen LogP contribution in [-0.4, -0.2) is 54.4 Å². The van der Waals surface area contributed by atoms with E-state index in [-0.39, 0.29) is 18.2 Å². The number of alkyl carbamates (subject to hydrolysis) is 1. The van der Waals surface area contributed by atoms with E-state index in [2.05, 4.69) is 10.6 Å². The van der Waals surface area contributed by atoms with Crippen LogP contribution in [0.15, 0.2) is 30.3 Å². The third-order valence-electron chi connectivity index (χ3n) is 6.51. The molecule has 3 rings (SSSR count). The van der Waals surface area contributed by atoms with Gasteiger partial charge >= 0.3 is 12.2 Å². The zero-order valence-electron chi connectivity index (χ0n) is 20.5. The summed E-state index contributed by atoms with van der Waals surface area (Å²) in [6, 6.07) is 10.4. The fourth-order valence-electron chi connectivity index (χ4n) is 4.61. The zero-order chi connectivity index (χ0) is 23.7. The molecule has 0 atom stereocenters. The summed E-state index contributed by atoms with van der Waals surface area (Å²) in [4.78, 5) is 26.1. The molecule has 0 radical (unpaired) electrons. The summed E-state index contributed by atoms with van der Waals surface area (Å²) in [5.41, 5.74) is 0.558. The van der Waals surface area contributed by atoms with Crippen LogP contribution in [0.1, 0.15) is 71.3 Å². The molecule has 0 bridgehead atoms. The van der Waals surface area contributed by atoms with Crippen LogP contribution in [0.5, 0.6) is 0 Å². The van der Waals surface area contributed by atoms with Crippen LogP contribution in [0.2, 0.25) is 0 Å². The fraction of sp³-hybridized carbons (Fsp3) is 0.692. The van der Waals surface area contributed by atoms with Gasteiger partial charge in [-0.25, -0.2) is 9.59 Å². The Hall–Kier alpha value is -2.28. The highest BCUT2D eigenvalue weighted by Crippen LogP contribution is 2.27. The lowest BCUT2D eigenvalue weighted by Crippen LogP contribution is -2.46. The Morgan fingerprint density at radius 3 is 2.27 bits per heavy atom. The molecule has 2 N–H and O–H groups in total. The van der Waals surface area contributed by atoms with Crippen molar-refractivity contribution in [3.63, 3.8) is 0 Å². The van der Waals surface area contributed by atoms with Gasteiger partial charge in [-0.3, -0.25) is 0 Å². The molecule has 1 aliphatic carbocycles. The van der Waals surface area contributed by atoms with E-state index in [9.17, 15) is 9.59 Å². The first-order valence-electron chi connectivity index (χ1n) is 12.5. The van der Waals surface area contributed by atoms with Gasteiger partial charge in [-0.2, -0.15) is 0 Å². The van der Waals surface area contributed by atoms with E-state index in [4.69, 9.17) is 9.47 Å². The van der Waals surface area contributed by atoms with Crippen molar-refractivity contribution in [3.8, 4) is 0 Å². The van der Waals surface area contributed by atoms with Crippen LogP contribution >= 0.6 is 0 Å². The summed E-state index contributed by atoms with van der Waals surface area (Å²) < 4.78 is 10.8. The van der Waals surface area contributed by atoms with Crippen LogP contribution in [0.25, 0.3) is 0 Å². The van der Waals surface area contributed by atoms with Crippen molar-refractivity contribution in [2.45, 2.75) is 90.0 Å². The van der Waals surface area contributed by atoms with E-state index in [0.717, 1.165) is 70.1 Å². The van der Waals surface area contributed by atoms with Crippen molar-refractivity contribution in [1.82, 2.24) is 15.5 Å². The molecule has 1 saturated carbocycles. The first-order valence-corrected chi connectivity index (χ1v) is 12.5. The first kappa shape index (κ1) is 25.3. The molecule has 7 heteroatoms. The van der Waals surface area contributed by atoms with E-state index >= 15 is 0 Å². The number of piperidine rings is 1. The van der Waals surface area contributed by atoms with Gasteiger partial charge < -0.3 is 25.0 Å². The number of amides is 2. The molecular weight excluding hydrogens is 418 g/mol. The molecule has 1 aliphatic heterocycles. The quantitative estimate of drug-likeness (QED) is 0.609. The van der Waals surface area contributed by atoms with E-state index in [1.165, 1.54) is 0 Å². The van der Waals surface area contributed by atoms with Gasteiger partial charge in [-0.1, -0.05) is 30.3 Å². The average Bonchev–Trinajstić information content (AvgIpc) is 2.79. The molecule has 184 valence electrons. The maximum absolute atomic E-state index is 12.2. The molecule has 2 amide bonds. The van der Waals surface area contributed by atoms with Gasteiger partial charge in [-0.15, -0.1) is 0 Å². The molecule has 1 saturated heterocycles. The van der Waals surface area contributed by atoms with Crippen molar-refractivity contribution >= 4 is 12.2 Å². The Balaban J connectivity index is 1.23. The minimum atomic E-state index is -0.441. The largest absolute Gasteiger partial charge is 0.445 e. The summed E-state index contributed by atoms with van der Waals surface area (Å²) >= 11 is 0. The second-order valence-corrected chi connectivity index (χ2v) is 10.4. The normalized spacial score (nSPS) is 22.0. The lowest BCUT2D eigenvalue weighted by molar-refractivity contribution is 0.0198. The molecule has 0 unspecified atom stereocenters. The number of rotatable bonds is 7. The number of ether oxygens (including phenoxy) is 2. The maximum atomic E-state index is 12.2. The summed E-state index contributed by atoms with van der Waals surface area (Å²) in [5.74, 6) is 0.706. The summed E-state index contributed by atoms with van der Waals surface area (Å²) in [6.45, 7) is 8.54. The number of nitrogens with one attached hydrogen (secondary N) is 2. The number of carbonyl (C=O) groups is 2. The molecule has 0 aromatic heterocycles. The molecule has 7 nitrogen and oxygen atoms in total. The highest BCUT2D eigenvalue weighted by Gasteiger charge is 2.27. The van der Waals surface area contributed by atoms with Gasteiger partial charge in [0.25, 0.3) is 0 Å². The summed E-state index contributed by atoms with van der Waals surface area (Å²) in [5, 5.41) is 6.71. The first-order chi connectivity index (χ1) is 15.8. The van der Waals surface area contributed by atoms with Crippen LogP contribution in [0.3, 0.4) is 0 Å². The maximum Gasteiger partial charge on any atom is 0.410 e. The molecule has 1 aromatic rings. The van der Waals surface area contributed by atoms with Gasteiger partial charge in [0, 0.05) is 25.2 Å². The van der Waals surface area contributed by atoms with Crippen LogP contribution < -0.4 is 10.6 Å². The van der Waals surface area contributed by atoms with Crippen LogP contribution in [0.4, 0.5) is 9.59 Å². The highest BCUT2D eigenvalue weighted by molar-refractivity contribution is 5.68. The molecule has 33 heavy (non-hydrogen) atoms. The predicted octanol–water partition coefficient (Wildman–Crippen LogP) is 4.85. The summed E-state index contributed by atoms with van der Waals surface area (Å²) in [6.07, 6.45) is 6.90. The van der Waals surface area contributed by atoms with Crippen molar-refractivity contribution in [2.75, 3.05) is 19.6 Å². The molecule has 1 aromatic carbocycles. The molecule has 0 spiro atoms. The lowest BCUT2D eigenvalue weighted by atomic mass is 9.84. The zero-order valence-corrected chi connectivity index (χ0v) is 20.5. The third kappa shape index (κ3) is 9.24. The number of nitrogens with zero attached hydrogens (tertiary/aromatic N) is 1. The topological polar surface area (TPSA) is 79.9 Å². The van der Waals surface area contributed by atoms with E-state index in [0.29, 0.717) is 18.6 Å². The number of hydrogen-bond acceptors (Lipinski definition) is 5. The van der Waals surface area contributed by atoms with E-state index in [1.807, 2.05) is 56.0 Å². The van der Waals surface area contributed by atoms with Crippen molar-refractivity contribution in [3.05, 3.63) is 35.9 Å². The smallest absolute Gasteiger partial charge is 0.410 e. The predicted molar refractivity (Wildman–Crippen MR) is 129 cm³/mol. The second kappa shape index (κ2) is 12.3. The van der Waals surface area contributed by atoms with Gasteiger partial charge in [-0.05, 0) is 83.7 Å². The van der Waals surface area contributed by atoms with Gasteiger partial charge in [0.2, 0.25) is 0 Å². The van der Waals surface area contributed by atoms with Crippen molar-refractivity contribution in [1.29, 1.82) is 0 Å². The standard InChI is InChI=1S/C26H41N3O4/c1-26(2,3)33-25(31)29-17-14-22(15-18-29)27-16-13-20-9-11-23(12-10-20)28-24(30)32-19-21-7-5-4-6-8-21/h4-8,20,22-23,27H,9-19H2,1-3H3,(H,28,30). The fourth-order valence-corrected chi connectivity index (χ4v) is 4.61. The SMILES string of the molecule is CC(C)(C)OC(=O)N1CCC(NCCC2CCC(NC(=O)OCc3ccccc3)CC2)CC1. The third-order valence-corrected chi connectivity index (χ3v) is 6.51. The Bertz CT molecular complexity index is 734. The molecule has 2 fully saturated rings. The van der Waals surface area contributed by atoms with Crippen molar-refractivity contribution < 1.29 is 19.1 Å². The van der Waals surface area contributed by atoms with Gasteiger partial charge in [0.1, 0.15) is 12.2 Å². The number of hydrogen-bond donors (Lipinski definition) is 2. The van der Waals surface area contributed by atoms with E-state index in [1.54, 1.807) is 0 Å². The number of likely N-dealkylation sites (tertiary alicyclic amines) is 1. The Morgan fingerprint density at radius 2 is 1.64 bits per heavy atom. The van der Waals surface area contributed by atoms with Crippen molar-refractivity contribution in [2.24, 2.45) is 5.92 Å². The lowest BCUT2D eigenvalue weighted by Gasteiger charge is -2.34.